The summed E-state index contributed by atoms with van der Waals surface area (Å²) in [5.74, 6) is -0.117. The van der Waals surface area contributed by atoms with Gasteiger partial charge in [-0.05, 0) is 37.1 Å². The molecule has 0 radical (unpaired) electrons. The van der Waals surface area contributed by atoms with Crippen LogP contribution in [0.2, 0.25) is 5.02 Å². The topological polar surface area (TPSA) is 88.3 Å². The number of aromatic nitrogens is 2. The lowest BCUT2D eigenvalue weighted by Crippen LogP contribution is -2.45. The predicted molar refractivity (Wildman–Crippen MR) is 107 cm³/mol. The molecular formula is C21H19ClN4O3. The summed E-state index contributed by atoms with van der Waals surface area (Å²) in [6.45, 7) is 0.813. The van der Waals surface area contributed by atoms with Crippen molar-refractivity contribution < 1.29 is 14.1 Å². The van der Waals surface area contributed by atoms with Gasteiger partial charge in [-0.3, -0.25) is 14.6 Å². The van der Waals surface area contributed by atoms with Gasteiger partial charge in [-0.2, -0.15) is 0 Å². The summed E-state index contributed by atoms with van der Waals surface area (Å²) >= 11 is 6.18. The van der Waals surface area contributed by atoms with Crippen molar-refractivity contribution in [1.29, 1.82) is 0 Å². The molecule has 0 saturated carbocycles. The molecule has 1 aliphatic heterocycles. The van der Waals surface area contributed by atoms with E-state index in [0.717, 1.165) is 12.1 Å². The fraction of sp³-hybridized carbons (Fsp3) is 0.238. The molecule has 2 amide bonds. The smallest absolute Gasteiger partial charge is 0.276 e. The zero-order chi connectivity index (χ0) is 20.2. The van der Waals surface area contributed by atoms with Crippen molar-refractivity contribution in [2.45, 2.75) is 25.4 Å². The number of carbonyl (C=O) groups excluding carboxylic acids is 2. The van der Waals surface area contributed by atoms with Crippen LogP contribution in [0.5, 0.6) is 0 Å². The van der Waals surface area contributed by atoms with Gasteiger partial charge in [0.25, 0.3) is 5.91 Å². The zero-order valence-corrected chi connectivity index (χ0v) is 16.3. The van der Waals surface area contributed by atoms with E-state index in [4.69, 9.17) is 16.1 Å². The van der Waals surface area contributed by atoms with Crippen LogP contribution in [0.4, 0.5) is 0 Å². The quantitative estimate of drug-likeness (QED) is 0.697. The minimum Gasteiger partial charge on any atom is -0.355 e. The van der Waals surface area contributed by atoms with E-state index in [1.165, 1.54) is 0 Å². The van der Waals surface area contributed by atoms with Crippen molar-refractivity contribution in [3.05, 3.63) is 71.1 Å². The maximum Gasteiger partial charge on any atom is 0.276 e. The molecule has 3 heterocycles. The Morgan fingerprint density at radius 2 is 2.03 bits per heavy atom. The molecule has 0 aliphatic carbocycles. The van der Waals surface area contributed by atoms with Crippen LogP contribution >= 0.6 is 11.6 Å². The zero-order valence-electron chi connectivity index (χ0n) is 15.5. The van der Waals surface area contributed by atoms with E-state index >= 15 is 0 Å². The monoisotopic (exact) mass is 410 g/mol. The summed E-state index contributed by atoms with van der Waals surface area (Å²) in [6, 6.07) is 13.7. The fourth-order valence-electron chi connectivity index (χ4n) is 3.39. The largest absolute Gasteiger partial charge is 0.355 e. The van der Waals surface area contributed by atoms with E-state index in [1.54, 1.807) is 29.3 Å². The second-order valence-electron chi connectivity index (χ2n) is 6.75. The molecule has 1 aliphatic rings. The second kappa shape index (κ2) is 8.45. The first kappa shape index (κ1) is 19.1. The summed E-state index contributed by atoms with van der Waals surface area (Å²) in [5, 5.41) is 7.27. The number of halogens is 1. The van der Waals surface area contributed by atoms with Crippen LogP contribution < -0.4 is 5.32 Å². The van der Waals surface area contributed by atoms with Gasteiger partial charge < -0.3 is 14.7 Å². The van der Waals surface area contributed by atoms with E-state index in [1.807, 2.05) is 30.3 Å². The number of nitrogens with zero attached hydrogens (tertiary/aromatic N) is 3. The molecule has 8 heteroatoms. The fourth-order valence-corrected chi connectivity index (χ4v) is 3.62. The van der Waals surface area contributed by atoms with Gasteiger partial charge in [0.15, 0.2) is 11.5 Å². The van der Waals surface area contributed by atoms with E-state index in [-0.39, 0.29) is 17.5 Å². The number of rotatable bonds is 5. The third-order valence-corrected chi connectivity index (χ3v) is 5.18. The van der Waals surface area contributed by atoms with Crippen LogP contribution in [0.15, 0.2) is 59.3 Å². The molecule has 1 saturated heterocycles. The normalized spacial score (nSPS) is 16.0. The first-order chi connectivity index (χ1) is 14.1. The van der Waals surface area contributed by atoms with Crippen molar-refractivity contribution in [1.82, 2.24) is 20.4 Å². The number of pyridine rings is 1. The molecule has 3 aromatic rings. The highest BCUT2D eigenvalue weighted by Crippen LogP contribution is 2.29. The predicted octanol–water partition coefficient (Wildman–Crippen LogP) is 3.31. The van der Waals surface area contributed by atoms with Gasteiger partial charge in [0.05, 0.1) is 17.3 Å². The molecule has 1 fully saturated rings. The number of likely N-dealkylation sites (tertiary alicyclic amines) is 1. The Balaban J connectivity index is 1.45. The number of carbonyl (C=O) groups is 2. The maximum atomic E-state index is 12.9. The Kier molecular flexibility index (Phi) is 5.57. The standard InChI is InChI=1S/C21H19ClN4O3/c22-16-8-2-1-7-15(16)19-12-17(25-29-19)21(28)26-11-5-9-18(26)20(27)24-13-14-6-3-4-10-23-14/h1-4,6-8,10,12,18H,5,9,11,13H2,(H,24,27). The number of hydrogen-bond acceptors (Lipinski definition) is 5. The van der Waals surface area contributed by atoms with E-state index in [0.29, 0.717) is 35.9 Å². The summed E-state index contributed by atoms with van der Waals surface area (Å²) < 4.78 is 5.32. The first-order valence-electron chi connectivity index (χ1n) is 9.33. The Labute approximate surface area is 172 Å². The van der Waals surface area contributed by atoms with Crippen LogP contribution in [0.3, 0.4) is 0 Å². The maximum absolute atomic E-state index is 12.9. The number of hydrogen-bond donors (Lipinski definition) is 1. The molecule has 1 N–H and O–H groups in total. The highest BCUT2D eigenvalue weighted by atomic mass is 35.5. The third kappa shape index (κ3) is 4.14. The van der Waals surface area contributed by atoms with Crippen molar-refractivity contribution in [3.63, 3.8) is 0 Å². The highest BCUT2D eigenvalue weighted by molar-refractivity contribution is 6.33. The van der Waals surface area contributed by atoms with Crippen LogP contribution in [0, 0.1) is 0 Å². The molecule has 148 valence electrons. The number of amides is 2. The molecule has 4 rings (SSSR count). The van der Waals surface area contributed by atoms with Crippen LogP contribution in [-0.2, 0) is 11.3 Å². The minimum absolute atomic E-state index is 0.157. The molecule has 1 atom stereocenters. The number of nitrogens with one attached hydrogen (secondary N) is 1. The molecule has 0 spiro atoms. The Hall–Kier alpha value is -3.19. The average Bonchev–Trinajstić information content (AvgIpc) is 3.43. The lowest BCUT2D eigenvalue weighted by atomic mass is 10.1. The van der Waals surface area contributed by atoms with Crippen LogP contribution in [-0.4, -0.2) is 39.4 Å². The molecule has 2 aromatic heterocycles. The van der Waals surface area contributed by atoms with Crippen LogP contribution in [0.1, 0.15) is 29.0 Å². The molecule has 0 bridgehead atoms. The van der Waals surface area contributed by atoms with Crippen molar-refractivity contribution in [2.24, 2.45) is 0 Å². The molecule has 29 heavy (non-hydrogen) atoms. The first-order valence-corrected chi connectivity index (χ1v) is 9.71. The Morgan fingerprint density at radius 3 is 2.83 bits per heavy atom. The summed E-state index contributed by atoms with van der Waals surface area (Å²) in [4.78, 5) is 31.3. The van der Waals surface area contributed by atoms with E-state index in [2.05, 4.69) is 15.5 Å². The van der Waals surface area contributed by atoms with Crippen molar-refractivity contribution >= 4 is 23.4 Å². The van der Waals surface area contributed by atoms with Gasteiger partial charge in [0, 0.05) is 24.4 Å². The van der Waals surface area contributed by atoms with Gasteiger partial charge in [0.2, 0.25) is 5.91 Å². The lowest BCUT2D eigenvalue weighted by molar-refractivity contribution is -0.125. The van der Waals surface area contributed by atoms with E-state index < -0.39 is 6.04 Å². The van der Waals surface area contributed by atoms with Crippen molar-refractivity contribution in [2.75, 3.05) is 6.54 Å². The summed E-state index contributed by atoms with van der Waals surface area (Å²) in [6.07, 6.45) is 3.03. The average molecular weight is 411 g/mol. The summed E-state index contributed by atoms with van der Waals surface area (Å²) in [7, 11) is 0. The Morgan fingerprint density at radius 1 is 1.21 bits per heavy atom. The van der Waals surface area contributed by atoms with Gasteiger partial charge in [-0.25, -0.2) is 0 Å². The van der Waals surface area contributed by atoms with Gasteiger partial charge in [-0.15, -0.1) is 0 Å². The molecule has 1 unspecified atom stereocenters. The minimum atomic E-state index is -0.535. The SMILES string of the molecule is O=C(NCc1ccccn1)C1CCCN1C(=O)c1cc(-c2ccccc2Cl)on1. The highest BCUT2D eigenvalue weighted by Gasteiger charge is 2.35. The van der Waals surface area contributed by atoms with Gasteiger partial charge in [0.1, 0.15) is 6.04 Å². The van der Waals surface area contributed by atoms with Crippen LogP contribution in [0.25, 0.3) is 11.3 Å². The van der Waals surface area contributed by atoms with Crippen molar-refractivity contribution in [3.8, 4) is 11.3 Å². The number of benzene rings is 1. The molecule has 1 aromatic carbocycles. The second-order valence-corrected chi connectivity index (χ2v) is 7.16. The third-order valence-electron chi connectivity index (χ3n) is 4.85. The van der Waals surface area contributed by atoms with Gasteiger partial charge >= 0.3 is 0 Å². The lowest BCUT2D eigenvalue weighted by Gasteiger charge is -2.22. The van der Waals surface area contributed by atoms with E-state index in [9.17, 15) is 9.59 Å². The molecular weight excluding hydrogens is 392 g/mol. The Bertz CT molecular complexity index is 1020. The molecule has 7 nitrogen and oxygen atoms in total. The van der Waals surface area contributed by atoms with Gasteiger partial charge in [-0.1, -0.05) is 35.0 Å². The summed E-state index contributed by atoms with van der Waals surface area (Å²) in [5.41, 5.74) is 1.58.